The first-order chi connectivity index (χ1) is 8.13. The Kier molecular flexibility index (Phi) is 4.45. The fourth-order valence-electron chi connectivity index (χ4n) is 3.25. The van der Waals surface area contributed by atoms with Crippen LogP contribution in [0.3, 0.4) is 0 Å². The standard InChI is InChI=1S/C14H28N2O/c1-11(17)10-16-9-8-14(15,12-4-2-5-12)13-6-3-7-13/h11-13,16-17H,2-10,15H2,1H3. The van der Waals surface area contributed by atoms with Gasteiger partial charge in [0, 0.05) is 12.1 Å². The predicted molar refractivity (Wildman–Crippen MR) is 70.8 cm³/mol. The van der Waals surface area contributed by atoms with Gasteiger partial charge in [-0.15, -0.1) is 0 Å². The molecule has 1 atom stereocenters. The van der Waals surface area contributed by atoms with E-state index in [-0.39, 0.29) is 11.6 Å². The van der Waals surface area contributed by atoms with Crippen LogP contribution in [0, 0.1) is 11.8 Å². The van der Waals surface area contributed by atoms with Crippen LogP contribution in [0.25, 0.3) is 0 Å². The zero-order valence-corrected chi connectivity index (χ0v) is 11.1. The zero-order valence-electron chi connectivity index (χ0n) is 11.1. The second-order valence-electron chi connectivity index (χ2n) is 6.17. The molecule has 0 spiro atoms. The quantitative estimate of drug-likeness (QED) is 0.593. The molecule has 17 heavy (non-hydrogen) atoms. The van der Waals surface area contributed by atoms with Gasteiger partial charge in [-0.1, -0.05) is 12.8 Å². The molecule has 0 bridgehead atoms. The Morgan fingerprint density at radius 2 is 1.76 bits per heavy atom. The zero-order chi connectivity index (χ0) is 12.3. The van der Waals surface area contributed by atoms with Crippen molar-refractivity contribution in [1.29, 1.82) is 0 Å². The first-order valence-corrected chi connectivity index (χ1v) is 7.30. The largest absolute Gasteiger partial charge is 0.392 e. The van der Waals surface area contributed by atoms with Gasteiger partial charge in [-0.05, 0) is 57.4 Å². The Hall–Kier alpha value is -0.120. The van der Waals surface area contributed by atoms with Crippen LogP contribution in [0.5, 0.6) is 0 Å². The first-order valence-electron chi connectivity index (χ1n) is 7.30. The summed E-state index contributed by atoms with van der Waals surface area (Å²) in [6.45, 7) is 3.46. The second kappa shape index (κ2) is 5.68. The van der Waals surface area contributed by atoms with E-state index in [9.17, 15) is 5.11 Å². The fourth-order valence-corrected chi connectivity index (χ4v) is 3.25. The molecule has 2 rings (SSSR count). The molecule has 0 heterocycles. The molecule has 2 fully saturated rings. The van der Waals surface area contributed by atoms with E-state index in [1.807, 2.05) is 6.92 Å². The number of hydrogen-bond donors (Lipinski definition) is 3. The van der Waals surface area contributed by atoms with Crippen molar-refractivity contribution < 1.29 is 5.11 Å². The Labute approximate surface area is 105 Å². The SMILES string of the molecule is CC(O)CNCCC(N)(C1CCC1)C1CCC1. The Morgan fingerprint density at radius 1 is 1.24 bits per heavy atom. The van der Waals surface area contributed by atoms with Crippen LogP contribution in [0.4, 0.5) is 0 Å². The molecule has 0 amide bonds. The molecule has 2 aliphatic rings. The van der Waals surface area contributed by atoms with Crippen molar-refractivity contribution in [1.82, 2.24) is 5.32 Å². The average Bonchev–Trinajstić information content (AvgIpc) is 2.05. The predicted octanol–water partition coefficient (Wildman–Crippen LogP) is 1.64. The van der Waals surface area contributed by atoms with Crippen LogP contribution < -0.4 is 11.1 Å². The summed E-state index contributed by atoms with van der Waals surface area (Å²) in [6, 6.07) is 0. The Bertz CT molecular complexity index is 220. The molecule has 0 saturated heterocycles. The van der Waals surface area contributed by atoms with Crippen LogP contribution in [0.2, 0.25) is 0 Å². The highest BCUT2D eigenvalue weighted by Crippen LogP contribution is 2.47. The van der Waals surface area contributed by atoms with Crippen LogP contribution in [-0.2, 0) is 0 Å². The van der Waals surface area contributed by atoms with Crippen molar-refractivity contribution in [2.24, 2.45) is 17.6 Å². The maximum atomic E-state index is 9.22. The molecule has 0 radical (unpaired) electrons. The lowest BCUT2D eigenvalue weighted by atomic mass is 9.58. The lowest BCUT2D eigenvalue weighted by Gasteiger charge is -2.51. The molecule has 0 aromatic rings. The van der Waals surface area contributed by atoms with Crippen molar-refractivity contribution >= 4 is 0 Å². The van der Waals surface area contributed by atoms with E-state index in [2.05, 4.69) is 5.32 Å². The molecule has 100 valence electrons. The van der Waals surface area contributed by atoms with Gasteiger partial charge in [-0.3, -0.25) is 0 Å². The molecule has 3 heteroatoms. The van der Waals surface area contributed by atoms with Gasteiger partial charge in [-0.2, -0.15) is 0 Å². The van der Waals surface area contributed by atoms with Gasteiger partial charge >= 0.3 is 0 Å². The van der Waals surface area contributed by atoms with Gasteiger partial charge in [-0.25, -0.2) is 0 Å². The highest BCUT2D eigenvalue weighted by atomic mass is 16.3. The van der Waals surface area contributed by atoms with Crippen LogP contribution >= 0.6 is 0 Å². The van der Waals surface area contributed by atoms with Crippen LogP contribution in [0.15, 0.2) is 0 Å². The maximum absolute atomic E-state index is 9.22. The minimum absolute atomic E-state index is 0.0855. The van der Waals surface area contributed by atoms with Crippen LogP contribution in [-0.4, -0.2) is 29.8 Å². The third-order valence-corrected chi connectivity index (χ3v) is 4.91. The molecule has 0 aliphatic heterocycles. The van der Waals surface area contributed by atoms with Gasteiger partial charge in [0.15, 0.2) is 0 Å². The van der Waals surface area contributed by atoms with Gasteiger partial charge in [0.25, 0.3) is 0 Å². The van der Waals surface area contributed by atoms with E-state index in [4.69, 9.17) is 5.73 Å². The van der Waals surface area contributed by atoms with Crippen molar-refractivity contribution in [3.05, 3.63) is 0 Å². The number of nitrogens with two attached hydrogens (primary N) is 1. The van der Waals surface area contributed by atoms with Gasteiger partial charge in [0.1, 0.15) is 0 Å². The molecule has 1 unspecified atom stereocenters. The van der Waals surface area contributed by atoms with Crippen molar-refractivity contribution in [3.63, 3.8) is 0 Å². The molecular formula is C14H28N2O. The van der Waals surface area contributed by atoms with Crippen molar-refractivity contribution in [2.75, 3.05) is 13.1 Å². The maximum Gasteiger partial charge on any atom is 0.0636 e. The van der Waals surface area contributed by atoms with Gasteiger partial charge in [0.2, 0.25) is 0 Å². The smallest absolute Gasteiger partial charge is 0.0636 e. The highest BCUT2D eigenvalue weighted by molar-refractivity contribution is 5.02. The topological polar surface area (TPSA) is 58.3 Å². The Morgan fingerprint density at radius 3 is 2.12 bits per heavy atom. The van der Waals surface area contributed by atoms with Crippen LogP contribution in [0.1, 0.15) is 51.9 Å². The molecule has 0 aromatic heterocycles. The third-order valence-electron chi connectivity index (χ3n) is 4.91. The second-order valence-corrected chi connectivity index (χ2v) is 6.17. The minimum Gasteiger partial charge on any atom is -0.392 e. The number of aliphatic hydroxyl groups is 1. The summed E-state index contributed by atoms with van der Waals surface area (Å²) in [4.78, 5) is 0. The molecule has 0 aromatic carbocycles. The summed E-state index contributed by atoms with van der Waals surface area (Å²) < 4.78 is 0. The van der Waals surface area contributed by atoms with E-state index in [0.29, 0.717) is 6.54 Å². The highest BCUT2D eigenvalue weighted by Gasteiger charge is 2.45. The monoisotopic (exact) mass is 240 g/mol. The molecular weight excluding hydrogens is 212 g/mol. The Balaban J connectivity index is 1.78. The van der Waals surface area contributed by atoms with Crippen molar-refractivity contribution in [2.45, 2.75) is 63.5 Å². The van der Waals surface area contributed by atoms with E-state index in [1.165, 1.54) is 38.5 Å². The van der Waals surface area contributed by atoms with Gasteiger partial charge in [0.05, 0.1) is 6.10 Å². The summed E-state index contributed by atoms with van der Waals surface area (Å²) >= 11 is 0. The molecule has 4 N–H and O–H groups in total. The average molecular weight is 240 g/mol. The normalized spacial score (nSPS) is 24.2. The van der Waals surface area contributed by atoms with E-state index < -0.39 is 0 Å². The van der Waals surface area contributed by atoms with Crippen molar-refractivity contribution in [3.8, 4) is 0 Å². The van der Waals surface area contributed by atoms with E-state index in [1.54, 1.807) is 0 Å². The summed E-state index contributed by atoms with van der Waals surface area (Å²) in [5.41, 5.74) is 6.81. The molecule has 3 nitrogen and oxygen atoms in total. The molecule has 2 aliphatic carbocycles. The lowest BCUT2D eigenvalue weighted by Crippen LogP contribution is -2.58. The summed E-state index contributed by atoms with van der Waals surface area (Å²) in [5.74, 6) is 1.53. The third kappa shape index (κ3) is 3.01. The fraction of sp³-hybridized carbons (Fsp3) is 1.00. The number of aliphatic hydroxyl groups excluding tert-OH is 1. The summed E-state index contributed by atoms with van der Waals surface area (Å²) in [5, 5.41) is 12.5. The number of rotatable bonds is 7. The van der Waals surface area contributed by atoms with Gasteiger partial charge < -0.3 is 16.2 Å². The lowest BCUT2D eigenvalue weighted by molar-refractivity contribution is 0.0511. The summed E-state index contributed by atoms with van der Waals surface area (Å²) in [6.07, 6.45) is 8.92. The first kappa shape index (κ1) is 13.3. The number of nitrogens with one attached hydrogen (secondary N) is 1. The van der Waals surface area contributed by atoms with E-state index in [0.717, 1.165) is 24.8 Å². The number of hydrogen-bond acceptors (Lipinski definition) is 3. The minimum atomic E-state index is -0.255. The summed E-state index contributed by atoms with van der Waals surface area (Å²) in [7, 11) is 0. The molecule has 2 saturated carbocycles. The van der Waals surface area contributed by atoms with E-state index >= 15 is 0 Å².